The maximum absolute atomic E-state index is 12.8. The number of rotatable bonds is 7. The van der Waals surface area contributed by atoms with Crippen molar-refractivity contribution in [2.45, 2.75) is 116 Å². The van der Waals surface area contributed by atoms with E-state index in [1.165, 1.54) is 57.8 Å². The van der Waals surface area contributed by atoms with Crippen LogP contribution in [0.2, 0.25) is 0 Å². The SMILES string of the molecule is CC(C)CCC[C@@H](C)[C@H]1CC[C@H]2[C@@H]3[C@H](Br)C[C@H]4C[C@H](OC(=O)c5ccccc5)CC[C@]4(C)[C@H]3CC[C@]12C. The Bertz CT molecular complexity index is 929. The molecule has 37 heavy (non-hydrogen) atoms. The van der Waals surface area contributed by atoms with Gasteiger partial charge in [0.1, 0.15) is 6.10 Å². The number of ether oxygens (including phenoxy) is 1. The number of esters is 1. The normalized spacial score (nSPS) is 42.0. The fraction of sp³-hybridized carbons (Fsp3) is 0.794. The largest absolute Gasteiger partial charge is 0.459 e. The van der Waals surface area contributed by atoms with Gasteiger partial charge in [0.05, 0.1) is 5.56 Å². The highest BCUT2D eigenvalue weighted by Gasteiger charge is 2.62. The predicted octanol–water partition coefficient (Wildman–Crippen LogP) is 9.71. The highest BCUT2D eigenvalue weighted by Crippen LogP contribution is 2.69. The molecule has 4 saturated carbocycles. The Hall–Kier alpha value is -0.830. The molecule has 0 aliphatic heterocycles. The summed E-state index contributed by atoms with van der Waals surface area (Å²) in [5.74, 6) is 5.61. The number of hydrogen-bond donors (Lipinski definition) is 0. The minimum Gasteiger partial charge on any atom is -0.459 e. The fourth-order valence-electron chi connectivity index (χ4n) is 10.1. The molecular weight excluding hydrogens is 520 g/mol. The zero-order valence-corrected chi connectivity index (χ0v) is 25.6. The van der Waals surface area contributed by atoms with Gasteiger partial charge >= 0.3 is 5.97 Å². The summed E-state index contributed by atoms with van der Waals surface area (Å²) in [6.07, 6.45) is 14.5. The molecule has 0 bridgehead atoms. The molecule has 0 radical (unpaired) electrons. The molecule has 0 aromatic heterocycles. The first kappa shape index (κ1) is 27.7. The summed E-state index contributed by atoms with van der Waals surface area (Å²) in [6.45, 7) is 12.6. The van der Waals surface area contributed by atoms with Crippen molar-refractivity contribution >= 4 is 21.9 Å². The third-order valence-electron chi connectivity index (χ3n) is 12.1. The lowest BCUT2D eigenvalue weighted by Crippen LogP contribution is -2.57. The zero-order valence-electron chi connectivity index (χ0n) is 24.1. The van der Waals surface area contributed by atoms with Gasteiger partial charge in [-0.1, -0.05) is 88.0 Å². The van der Waals surface area contributed by atoms with Gasteiger partial charge in [-0.3, -0.25) is 0 Å². The van der Waals surface area contributed by atoms with Crippen LogP contribution in [-0.4, -0.2) is 16.9 Å². The van der Waals surface area contributed by atoms with Crippen molar-refractivity contribution < 1.29 is 9.53 Å². The van der Waals surface area contributed by atoms with Gasteiger partial charge in [-0.25, -0.2) is 4.79 Å². The molecule has 0 N–H and O–H groups in total. The molecule has 0 amide bonds. The third-order valence-corrected chi connectivity index (χ3v) is 13.1. The first-order valence-corrected chi connectivity index (χ1v) is 16.4. The lowest BCUT2D eigenvalue weighted by Gasteiger charge is -2.62. The number of fused-ring (bicyclic) bond motifs is 5. The van der Waals surface area contributed by atoms with E-state index in [4.69, 9.17) is 4.74 Å². The van der Waals surface area contributed by atoms with Crippen LogP contribution in [0.5, 0.6) is 0 Å². The topological polar surface area (TPSA) is 26.3 Å². The second-order valence-electron chi connectivity index (χ2n) is 14.4. The van der Waals surface area contributed by atoms with Crippen LogP contribution < -0.4 is 0 Å². The van der Waals surface area contributed by atoms with Gasteiger partial charge in [-0.15, -0.1) is 0 Å². The van der Waals surface area contributed by atoms with Crippen molar-refractivity contribution in [3.63, 3.8) is 0 Å². The van der Waals surface area contributed by atoms with Gasteiger partial charge in [0.25, 0.3) is 0 Å². The average Bonchev–Trinajstić information content (AvgIpc) is 3.22. The second kappa shape index (κ2) is 11.0. The van der Waals surface area contributed by atoms with Crippen LogP contribution in [0.3, 0.4) is 0 Å². The van der Waals surface area contributed by atoms with Crippen LogP contribution in [0, 0.1) is 52.3 Å². The Kier molecular flexibility index (Phi) is 8.22. The van der Waals surface area contributed by atoms with Crippen LogP contribution in [0.1, 0.15) is 116 Å². The molecule has 2 nitrogen and oxygen atoms in total. The summed E-state index contributed by atoms with van der Waals surface area (Å²) in [4.78, 5) is 13.4. The Labute approximate surface area is 235 Å². The fourth-order valence-corrected chi connectivity index (χ4v) is 11.2. The van der Waals surface area contributed by atoms with Crippen molar-refractivity contribution in [1.29, 1.82) is 0 Å². The van der Waals surface area contributed by atoms with E-state index in [2.05, 4.69) is 50.5 Å². The van der Waals surface area contributed by atoms with E-state index in [1.54, 1.807) is 0 Å². The first-order chi connectivity index (χ1) is 17.6. The summed E-state index contributed by atoms with van der Waals surface area (Å²) >= 11 is 4.29. The number of benzene rings is 1. The summed E-state index contributed by atoms with van der Waals surface area (Å²) in [5, 5.41) is 0. The number of halogens is 1. The van der Waals surface area contributed by atoms with Crippen molar-refractivity contribution in [1.82, 2.24) is 0 Å². The molecular formula is C34H51BrO2. The number of alkyl halides is 1. The van der Waals surface area contributed by atoms with Crippen molar-refractivity contribution in [3.8, 4) is 0 Å². The Balaban J connectivity index is 1.26. The molecule has 0 heterocycles. The van der Waals surface area contributed by atoms with Gasteiger partial charge in [-0.2, -0.15) is 0 Å². The van der Waals surface area contributed by atoms with Crippen LogP contribution in [-0.2, 0) is 4.74 Å². The van der Waals surface area contributed by atoms with E-state index in [0.717, 1.165) is 48.3 Å². The van der Waals surface area contributed by atoms with E-state index < -0.39 is 0 Å². The molecule has 0 unspecified atom stereocenters. The molecule has 3 heteroatoms. The number of carbonyl (C=O) groups excluding carboxylic acids is 1. The van der Waals surface area contributed by atoms with Crippen LogP contribution in [0.25, 0.3) is 0 Å². The first-order valence-electron chi connectivity index (χ1n) is 15.5. The lowest BCUT2D eigenvalue weighted by atomic mass is 9.44. The number of hydrogen-bond acceptors (Lipinski definition) is 2. The molecule has 10 atom stereocenters. The predicted molar refractivity (Wildman–Crippen MR) is 157 cm³/mol. The Morgan fingerprint density at radius 3 is 2.38 bits per heavy atom. The van der Waals surface area contributed by atoms with Crippen molar-refractivity contribution in [3.05, 3.63) is 35.9 Å². The summed E-state index contributed by atoms with van der Waals surface area (Å²) < 4.78 is 6.06. The highest BCUT2D eigenvalue weighted by atomic mass is 79.9. The third kappa shape index (κ3) is 5.21. The molecule has 4 aliphatic rings. The molecule has 206 valence electrons. The zero-order chi connectivity index (χ0) is 26.4. The van der Waals surface area contributed by atoms with Crippen LogP contribution in [0.15, 0.2) is 30.3 Å². The molecule has 5 rings (SSSR count). The standard InChI is InChI=1S/C34H51BrO2/c1-22(2)10-9-11-23(3)27-14-15-28-31-29(17-19-34(27,28)5)33(4)18-16-26(20-25(33)21-30(31)35)37-32(36)24-12-7-6-8-13-24/h6-8,12-13,22-23,25-31H,9-11,14-21H2,1-5H3/t23-,25-,26-,27-,28+,29+,30-,31+,33+,34-/m1/s1. The smallest absolute Gasteiger partial charge is 0.338 e. The van der Waals surface area contributed by atoms with Crippen molar-refractivity contribution in [2.24, 2.45) is 52.3 Å². The number of carbonyl (C=O) groups is 1. The van der Waals surface area contributed by atoms with E-state index in [1.807, 2.05) is 30.3 Å². The minimum absolute atomic E-state index is 0.0680. The van der Waals surface area contributed by atoms with Crippen LogP contribution in [0.4, 0.5) is 0 Å². The molecule has 4 aliphatic carbocycles. The molecule has 4 fully saturated rings. The van der Waals surface area contributed by atoms with Gasteiger partial charge in [-0.05, 0) is 116 Å². The minimum atomic E-state index is -0.147. The Morgan fingerprint density at radius 2 is 1.65 bits per heavy atom. The second-order valence-corrected chi connectivity index (χ2v) is 15.6. The van der Waals surface area contributed by atoms with Gasteiger partial charge in [0.15, 0.2) is 0 Å². The van der Waals surface area contributed by atoms with Gasteiger partial charge in [0.2, 0.25) is 0 Å². The summed E-state index contributed by atoms with van der Waals surface area (Å²) in [6, 6.07) is 9.53. The molecule has 1 aromatic carbocycles. The van der Waals surface area contributed by atoms with E-state index in [9.17, 15) is 4.79 Å². The van der Waals surface area contributed by atoms with E-state index in [0.29, 0.717) is 27.1 Å². The maximum atomic E-state index is 12.8. The monoisotopic (exact) mass is 570 g/mol. The van der Waals surface area contributed by atoms with Gasteiger partial charge in [0, 0.05) is 4.83 Å². The average molecular weight is 572 g/mol. The van der Waals surface area contributed by atoms with Crippen molar-refractivity contribution in [2.75, 3.05) is 0 Å². The Morgan fingerprint density at radius 1 is 0.946 bits per heavy atom. The molecule has 0 saturated heterocycles. The van der Waals surface area contributed by atoms with E-state index in [-0.39, 0.29) is 12.1 Å². The molecule has 0 spiro atoms. The summed E-state index contributed by atoms with van der Waals surface area (Å²) in [7, 11) is 0. The lowest BCUT2D eigenvalue weighted by molar-refractivity contribution is -0.126. The summed E-state index contributed by atoms with van der Waals surface area (Å²) in [5.41, 5.74) is 1.60. The van der Waals surface area contributed by atoms with Gasteiger partial charge < -0.3 is 4.74 Å². The molecule has 1 aromatic rings. The van der Waals surface area contributed by atoms with Crippen LogP contribution >= 0.6 is 15.9 Å². The van der Waals surface area contributed by atoms with E-state index >= 15 is 0 Å². The highest BCUT2D eigenvalue weighted by molar-refractivity contribution is 9.09. The quantitative estimate of drug-likeness (QED) is 0.241. The maximum Gasteiger partial charge on any atom is 0.338 e.